The van der Waals surface area contributed by atoms with E-state index in [4.69, 9.17) is 4.98 Å². The molecular formula is C44H38F2N6. The van der Waals surface area contributed by atoms with Crippen molar-refractivity contribution in [2.45, 2.75) is 44.2 Å². The van der Waals surface area contributed by atoms with Gasteiger partial charge in [-0.25, -0.2) is 13.8 Å². The Morgan fingerprint density at radius 2 is 1.23 bits per heavy atom. The lowest BCUT2D eigenvalue weighted by molar-refractivity contribution is 0.485. The lowest BCUT2D eigenvalue weighted by Crippen LogP contribution is -2.38. The molecule has 3 heterocycles. The van der Waals surface area contributed by atoms with Gasteiger partial charge < -0.3 is 14.1 Å². The van der Waals surface area contributed by atoms with Crippen molar-refractivity contribution in [3.8, 4) is 0 Å². The zero-order valence-corrected chi connectivity index (χ0v) is 28.7. The summed E-state index contributed by atoms with van der Waals surface area (Å²) in [4.78, 5) is 8.10. The second-order valence-corrected chi connectivity index (χ2v) is 13.2. The van der Waals surface area contributed by atoms with E-state index in [1.807, 2.05) is 42.9 Å². The first-order chi connectivity index (χ1) is 25.6. The molecule has 1 N–H and O–H groups in total. The molecule has 0 unspecified atom stereocenters. The van der Waals surface area contributed by atoms with Gasteiger partial charge >= 0.3 is 0 Å². The van der Waals surface area contributed by atoms with E-state index < -0.39 is 17.2 Å². The zero-order chi connectivity index (χ0) is 35.3. The van der Waals surface area contributed by atoms with Gasteiger partial charge in [0.15, 0.2) is 0 Å². The Morgan fingerprint density at radius 3 is 1.88 bits per heavy atom. The van der Waals surface area contributed by atoms with Crippen LogP contribution in [0.3, 0.4) is 0 Å². The maximum absolute atomic E-state index is 14.2. The molecule has 52 heavy (non-hydrogen) atoms. The molecule has 0 atom stereocenters. The third-order valence-electron chi connectivity index (χ3n) is 9.95. The van der Waals surface area contributed by atoms with Crippen LogP contribution in [0.1, 0.15) is 51.6 Å². The van der Waals surface area contributed by atoms with E-state index in [1.165, 1.54) is 23.1 Å². The predicted molar refractivity (Wildman–Crippen MR) is 200 cm³/mol. The van der Waals surface area contributed by atoms with E-state index >= 15 is 0 Å². The molecule has 0 aliphatic heterocycles. The van der Waals surface area contributed by atoms with Gasteiger partial charge in [0.05, 0.1) is 6.33 Å². The van der Waals surface area contributed by atoms with Crippen molar-refractivity contribution in [2.75, 3.05) is 0 Å². The number of rotatable bonds is 13. The molecule has 0 aliphatic rings. The molecule has 0 bridgehead atoms. The Balaban J connectivity index is 1.13. The van der Waals surface area contributed by atoms with E-state index in [-0.39, 0.29) is 6.42 Å². The van der Waals surface area contributed by atoms with Crippen LogP contribution in [0.4, 0.5) is 8.78 Å². The van der Waals surface area contributed by atoms with E-state index in [0.717, 1.165) is 59.1 Å². The molecule has 8 aromatic rings. The summed E-state index contributed by atoms with van der Waals surface area (Å²) in [5, 5.41) is 10.4. The van der Waals surface area contributed by atoms with E-state index in [9.17, 15) is 8.78 Å². The van der Waals surface area contributed by atoms with Crippen molar-refractivity contribution in [1.29, 1.82) is 0 Å². The topological polar surface area (TPSA) is 64.3 Å². The van der Waals surface area contributed by atoms with Crippen molar-refractivity contribution in [3.63, 3.8) is 0 Å². The normalized spacial score (nSPS) is 11.7. The van der Waals surface area contributed by atoms with Crippen LogP contribution in [0.15, 0.2) is 152 Å². The minimum Gasteiger partial charge on any atom is -0.361 e. The first kappa shape index (κ1) is 33.0. The van der Waals surface area contributed by atoms with Gasteiger partial charge in [0.25, 0.3) is 0 Å². The van der Waals surface area contributed by atoms with Gasteiger partial charge in [-0.2, -0.15) is 0 Å². The number of para-hydroxylation sites is 1. The Hall–Kier alpha value is -6.15. The Morgan fingerprint density at radius 1 is 0.635 bits per heavy atom. The molecular weight excluding hydrogens is 651 g/mol. The largest absolute Gasteiger partial charge is 0.361 e. The van der Waals surface area contributed by atoms with Crippen LogP contribution in [-0.2, 0) is 37.8 Å². The molecule has 3 aromatic heterocycles. The fraction of sp³-hybridized carbons (Fsp3) is 0.159. The van der Waals surface area contributed by atoms with Crippen LogP contribution in [0.2, 0.25) is 0 Å². The molecule has 0 radical (unpaired) electrons. The number of nitrogens with zero attached hydrogens (tertiary/aromatic N) is 5. The smallest absolute Gasteiger partial charge is 0.137 e. The summed E-state index contributed by atoms with van der Waals surface area (Å²) in [6.07, 6.45) is 9.17. The monoisotopic (exact) mass is 688 g/mol. The van der Waals surface area contributed by atoms with E-state index in [1.54, 1.807) is 0 Å². The van der Waals surface area contributed by atoms with Crippen LogP contribution in [0.5, 0.6) is 0 Å². The Bertz CT molecular complexity index is 2280. The minimum atomic E-state index is -0.663. The highest BCUT2D eigenvalue weighted by atomic mass is 19.1. The number of imidazole rings is 1. The van der Waals surface area contributed by atoms with E-state index in [0.29, 0.717) is 24.4 Å². The lowest BCUT2D eigenvalue weighted by Gasteiger charge is -2.38. The third-order valence-corrected chi connectivity index (χ3v) is 9.95. The van der Waals surface area contributed by atoms with Crippen LogP contribution >= 0.6 is 0 Å². The second kappa shape index (κ2) is 14.6. The number of fused-ring (bicyclic) bond motifs is 1. The number of hydrogen-bond acceptors (Lipinski definition) is 3. The van der Waals surface area contributed by atoms with Crippen LogP contribution in [0.25, 0.3) is 10.9 Å². The number of nitrogens with one attached hydrogen (secondary N) is 1. The van der Waals surface area contributed by atoms with Crippen molar-refractivity contribution in [3.05, 3.63) is 209 Å². The van der Waals surface area contributed by atoms with Gasteiger partial charge in [-0.1, -0.05) is 109 Å². The summed E-state index contributed by atoms with van der Waals surface area (Å²) < 4.78 is 32.9. The molecule has 6 nitrogen and oxygen atoms in total. The van der Waals surface area contributed by atoms with Gasteiger partial charge in [0.2, 0.25) is 0 Å². The van der Waals surface area contributed by atoms with Gasteiger partial charge in [-0.3, -0.25) is 0 Å². The summed E-state index contributed by atoms with van der Waals surface area (Å²) in [5.41, 5.74) is 6.65. The fourth-order valence-electron chi connectivity index (χ4n) is 7.61. The van der Waals surface area contributed by atoms with Crippen molar-refractivity contribution in [2.24, 2.45) is 0 Å². The zero-order valence-electron chi connectivity index (χ0n) is 28.7. The summed E-state index contributed by atoms with van der Waals surface area (Å²) in [6.45, 7) is 0.629. The number of benzene rings is 5. The molecule has 0 amide bonds. The number of aryl methyl sites for hydroxylation is 3. The maximum atomic E-state index is 14.2. The number of aromatic nitrogens is 6. The average molecular weight is 689 g/mol. The molecule has 8 rings (SSSR count). The fourth-order valence-corrected chi connectivity index (χ4v) is 7.61. The molecule has 0 fully saturated rings. The highest BCUT2D eigenvalue weighted by Gasteiger charge is 2.39. The first-order valence-corrected chi connectivity index (χ1v) is 17.7. The number of aromatic amines is 1. The number of hydrogen-bond donors (Lipinski definition) is 1. The molecule has 258 valence electrons. The van der Waals surface area contributed by atoms with Crippen LogP contribution < -0.4 is 0 Å². The Labute approximate surface area is 301 Å². The third kappa shape index (κ3) is 6.44. The van der Waals surface area contributed by atoms with Crippen LogP contribution in [0, 0.1) is 11.6 Å². The molecule has 5 aromatic carbocycles. The number of H-pyrrole nitrogens is 1. The highest BCUT2D eigenvalue weighted by molar-refractivity contribution is 5.83. The molecule has 0 saturated heterocycles. The summed E-state index contributed by atoms with van der Waals surface area (Å²) in [7, 11) is 0. The van der Waals surface area contributed by atoms with Gasteiger partial charge in [-0.05, 0) is 65.3 Å². The molecule has 0 saturated carbocycles. The van der Waals surface area contributed by atoms with Gasteiger partial charge in [0.1, 0.15) is 28.8 Å². The summed E-state index contributed by atoms with van der Waals surface area (Å²) in [5.74, 6) is 0.317. The van der Waals surface area contributed by atoms with Gasteiger partial charge in [0, 0.05) is 54.4 Å². The van der Waals surface area contributed by atoms with Gasteiger partial charge in [-0.15, -0.1) is 10.2 Å². The minimum absolute atomic E-state index is 0.270. The SMILES string of the molecule is Fc1cc(F)cc(Cc2nnc(CCc3c[nH]c4ccccc34)n2CCCc2cncn2C(c2ccccc2)(c2ccccc2)c2ccccc2)c1. The van der Waals surface area contributed by atoms with Crippen molar-refractivity contribution < 1.29 is 8.78 Å². The summed E-state index contributed by atoms with van der Waals surface area (Å²) in [6, 6.07) is 43.6. The average Bonchev–Trinajstić information content (AvgIpc) is 3.92. The standard InChI is InChI=1S/C44H38F2N6/c45-37-25-32(26-38(46)28-37)27-43-50-49-42(23-22-33-29-48-41-21-11-10-20-40(33)41)51(43)24-12-19-39-30-47-31-52(39)44(34-13-4-1-5-14-34,35-15-6-2-7-16-35)36-17-8-3-9-18-36/h1-11,13-18,20-21,25-26,28-31,48H,12,19,22-24,27H2. The first-order valence-electron chi connectivity index (χ1n) is 17.7. The molecule has 0 aliphatic carbocycles. The van der Waals surface area contributed by atoms with Crippen molar-refractivity contribution >= 4 is 10.9 Å². The summed E-state index contributed by atoms with van der Waals surface area (Å²) >= 11 is 0. The maximum Gasteiger partial charge on any atom is 0.137 e. The molecule has 8 heteroatoms. The quantitative estimate of drug-likeness (QED) is 0.123. The Kier molecular flexibility index (Phi) is 9.27. The number of halogens is 2. The second-order valence-electron chi connectivity index (χ2n) is 13.2. The predicted octanol–water partition coefficient (Wildman–Crippen LogP) is 9.08. The van der Waals surface area contributed by atoms with Crippen molar-refractivity contribution in [1.82, 2.24) is 29.3 Å². The molecule has 0 spiro atoms. The lowest BCUT2D eigenvalue weighted by atomic mass is 9.76. The van der Waals surface area contributed by atoms with Crippen LogP contribution in [-0.4, -0.2) is 29.3 Å². The highest BCUT2D eigenvalue weighted by Crippen LogP contribution is 2.41. The van der Waals surface area contributed by atoms with E-state index in [2.05, 4.69) is 115 Å².